The zero-order valence-electron chi connectivity index (χ0n) is 21.7. The number of hydrogen-bond donors (Lipinski definition) is 1. The van der Waals surface area contributed by atoms with E-state index in [0.717, 1.165) is 51.9 Å². The Bertz CT molecular complexity index is 1400. The lowest BCUT2D eigenvalue weighted by Gasteiger charge is -2.26. The van der Waals surface area contributed by atoms with E-state index < -0.39 is 0 Å². The molecule has 0 atom stereocenters. The molecule has 4 aromatic rings. The predicted molar refractivity (Wildman–Crippen MR) is 142 cm³/mol. The van der Waals surface area contributed by atoms with Gasteiger partial charge in [0, 0.05) is 42.8 Å². The van der Waals surface area contributed by atoms with Crippen LogP contribution in [0.1, 0.15) is 74.1 Å². The van der Waals surface area contributed by atoms with E-state index in [-0.39, 0.29) is 0 Å². The van der Waals surface area contributed by atoms with E-state index in [1.807, 2.05) is 29.2 Å². The van der Waals surface area contributed by atoms with Crippen LogP contribution in [0.3, 0.4) is 0 Å². The molecule has 0 radical (unpaired) electrons. The van der Waals surface area contributed by atoms with Crippen molar-refractivity contribution in [2.75, 3.05) is 12.4 Å². The molecule has 3 saturated carbocycles. The van der Waals surface area contributed by atoms with Gasteiger partial charge in [-0.2, -0.15) is 5.10 Å². The number of anilines is 2. The molecule has 9 nitrogen and oxygen atoms in total. The maximum Gasteiger partial charge on any atom is 0.166 e. The van der Waals surface area contributed by atoms with Crippen LogP contribution in [0.4, 0.5) is 11.6 Å². The molecule has 0 amide bonds. The van der Waals surface area contributed by atoms with Crippen molar-refractivity contribution in [3.05, 3.63) is 29.8 Å². The number of aryl methyl sites for hydroxylation is 3. The molecule has 0 spiro atoms. The lowest BCUT2D eigenvalue weighted by Crippen LogP contribution is -2.22. The number of aromatic nitrogens is 6. The molecule has 190 valence electrons. The Kier molecular flexibility index (Phi) is 5.82. The number of nitrogens with one attached hydrogen (secondary N) is 1. The molecular formula is C27H36N8O. The third-order valence-electron chi connectivity index (χ3n) is 8.01. The first kappa shape index (κ1) is 23.2. The minimum absolute atomic E-state index is 0.508. The number of hydrogen-bond acceptors (Lipinski definition) is 6. The fourth-order valence-corrected chi connectivity index (χ4v) is 5.38. The van der Waals surface area contributed by atoms with Crippen molar-refractivity contribution < 1.29 is 4.79 Å². The molecule has 7 rings (SSSR count). The summed E-state index contributed by atoms with van der Waals surface area (Å²) in [6, 6.07) is 6.43. The number of aldehydes is 1. The van der Waals surface area contributed by atoms with Crippen molar-refractivity contribution in [3.8, 4) is 0 Å². The van der Waals surface area contributed by atoms with Gasteiger partial charge in [-0.3, -0.25) is 9.48 Å². The quantitative estimate of drug-likeness (QED) is 0.370. The van der Waals surface area contributed by atoms with Crippen LogP contribution in [0.25, 0.3) is 22.1 Å². The van der Waals surface area contributed by atoms with Gasteiger partial charge >= 0.3 is 0 Å². The van der Waals surface area contributed by atoms with Crippen LogP contribution >= 0.6 is 0 Å². The van der Waals surface area contributed by atoms with Gasteiger partial charge in [0.25, 0.3) is 0 Å². The zero-order valence-corrected chi connectivity index (χ0v) is 21.7. The molecule has 3 aliphatic carbocycles. The van der Waals surface area contributed by atoms with Gasteiger partial charge in [-0.25, -0.2) is 9.97 Å². The highest BCUT2D eigenvalue weighted by atomic mass is 16.1. The lowest BCUT2D eigenvalue weighted by molar-refractivity contribution is 0.111. The Morgan fingerprint density at radius 1 is 1.14 bits per heavy atom. The normalized spacial score (nSPS) is 17.9. The fraction of sp³-hybridized carbons (Fsp3) is 0.556. The summed E-state index contributed by atoms with van der Waals surface area (Å²) in [6.45, 7) is 4.77. The second-order valence-electron chi connectivity index (χ2n) is 10.6. The Morgan fingerprint density at radius 2 is 1.86 bits per heavy atom. The third kappa shape index (κ3) is 4.09. The molecule has 1 N–H and O–H groups in total. The Labute approximate surface area is 211 Å². The molecule has 3 aliphatic rings. The van der Waals surface area contributed by atoms with E-state index in [1.54, 1.807) is 6.33 Å². The monoisotopic (exact) mass is 488 g/mol. The van der Waals surface area contributed by atoms with Gasteiger partial charge < -0.3 is 19.4 Å². The number of pyridine rings is 1. The van der Waals surface area contributed by atoms with Gasteiger partial charge in [-0.1, -0.05) is 0 Å². The third-order valence-corrected chi connectivity index (χ3v) is 8.01. The van der Waals surface area contributed by atoms with Crippen molar-refractivity contribution in [2.24, 2.45) is 7.05 Å². The average molecular weight is 489 g/mol. The SMILES string of the molecule is CCn1c(C=O)cc2c3c(ncn3C)c(Nc3cc(C)n(C4CCC4)n3)nc21.CN(C1CC1)C1CC1. The van der Waals surface area contributed by atoms with Crippen molar-refractivity contribution in [2.45, 2.75) is 83.5 Å². The topological polar surface area (TPSA) is 85.8 Å². The first-order valence-electron chi connectivity index (χ1n) is 13.3. The molecular weight excluding hydrogens is 452 g/mol. The summed E-state index contributed by atoms with van der Waals surface area (Å²) < 4.78 is 6.01. The van der Waals surface area contributed by atoms with Crippen molar-refractivity contribution in [1.29, 1.82) is 0 Å². The van der Waals surface area contributed by atoms with Crippen molar-refractivity contribution >= 4 is 40.0 Å². The molecule has 0 bridgehead atoms. The summed E-state index contributed by atoms with van der Waals surface area (Å²) in [5, 5.41) is 9.06. The van der Waals surface area contributed by atoms with Crippen molar-refractivity contribution in [3.63, 3.8) is 0 Å². The zero-order chi connectivity index (χ0) is 25.0. The van der Waals surface area contributed by atoms with Crippen LogP contribution in [-0.2, 0) is 13.6 Å². The molecule has 3 fully saturated rings. The molecule has 9 heteroatoms. The summed E-state index contributed by atoms with van der Waals surface area (Å²) in [7, 11) is 4.23. The lowest BCUT2D eigenvalue weighted by atomic mass is 9.93. The number of imidazole rings is 1. The number of fused-ring (bicyclic) bond motifs is 3. The molecule has 0 saturated heterocycles. The van der Waals surface area contributed by atoms with Crippen molar-refractivity contribution in [1.82, 2.24) is 33.8 Å². The molecule has 0 aromatic carbocycles. The largest absolute Gasteiger partial charge is 0.333 e. The number of rotatable bonds is 7. The van der Waals surface area contributed by atoms with E-state index in [0.29, 0.717) is 24.1 Å². The smallest absolute Gasteiger partial charge is 0.166 e. The molecule has 0 aliphatic heterocycles. The molecule has 0 unspecified atom stereocenters. The molecule has 4 aromatic heterocycles. The minimum atomic E-state index is 0.508. The maximum atomic E-state index is 11.5. The van der Waals surface area contributed by atoms with Gasteiger partial charge in [-0.05, 0) is 71.9 Å². The Morgan fingerprint density at radius 3 is 2.44 bits per heavy atom. The highest BCUT2D eigenvalue weighted by molar-refractivity contribution is 6.08. The first-order valence-corrected chi connectivity index (χ1v) is 13.3. The van der Waals surface area contributed by atoms with Crippen LogP contribution in [0.2, 0.25) is 0 Å². The van der Waals surface area contributed by atoms with E-state index in [2.05, 4.69) is 39.9 Å². The average Bonchev–Trinajstić information content (AvgIpc) is 3.75. The highest BCUT2D eigenvalue weighted by Crippen LogP contribution is 2.36. The summed E-state index contributed by atoms with van der Waals surface area (Å²) >= 11 is 0. The van der Waals surface area contributed by atoms with Crippen LogP contribution in [0.15, 0.2) is 18.5 Å². The van der Waals surface area contributed by atoms with Gasteiger partial charge in [0.05, 0.1) is 23.6 Å². The number of carbonyl (C=O) groups is 1. The van der Waals surface area contributed by atoms with Gasteiger partial charge in [-0.15, -0.1) is 0 Å². The Balaban J connectivity index is 0.000000253. The number of carbonyl (C=O) groups excluding carboxylic acids is 1. The summed E-state index contributed by atoms with van der Waals surface area (Å²) in [5.41, 5.74) is 4.27. The minimum Gasteiger partial charge on any atom is -0.333 e. The van der Waals surface area contributed by atoms with Crippen LogP contribution in [-0.4, -0.2) is 59.2 Å². The standard InChI is InChI=1S/C20H23N7O.C7H13N/c1-4-26-14(10-28)9-15-18-17(21-11-25(18)3)19(23-20(15)26)22-16-8-12(2)27(24-16)13-6-5-7-13;1-8(6-2-3-6)7-4-5-7/h8-11,13H,4-7H2,1-3H3,(H,22,23,24);6-7H,2-5H2,1H3. The van der Waals surface area contributed by atoms with Crippen LogP contribution in [0, 0.1) is 6.92 Å². The number of nitrogens with zero attached hydrogens (tertiary/aromatic N) is 7. The van der Waals surface area contributed by atoms with E-state index >= 15 is 0 Å². The first-order chi connectivity index (χ1) is 17.5. The second-order valence-corrected chi connectivity index (χ2v) is 10.6. The summed E-state index contributed by atoms with van der Waals surface area (Å²) in [5.74, 6) is 1.43. The van der Waals surface area contributed by atoms with Gasteiger partial charge in [0.2, 0.25) is 0 Å². The highest BCUT2D eigenvalue weighted by Gasteiger charge is 2.36. The molecule has 36 heavy (non-hydrogen) atoms. The summed E-state index contributed by atoms with van der Waals surface area (Å²) in [6.07, 6.45) is 12.2. The van der Waals surface area contributed by atoms with Crippen LogP contribution < -0.4 is 5.32 Å². The van der Waals surface area contributed by atoms with E-state index in [1.165, 1.54) is 44.9 Å². The maximum absolute atomic E-state index is 11.5. The van der Waals surface area contributed by atoms with Gasteiger partial charge in [0.1, 0.15) is 11.2 Å². The van der Waals surface area contributed by atoms with E-state index in [9.17, 15) is 4.79 Å². The second kappa shape index (κ2) is 9.03. The summed E-state index contributed by atoms with van der Waals surface area (Å²) in [4.78, 5) is 23.5. The molecule has 4 heterocycles. The predicted octanol–water partition coefficient (Wildman–Crippen LogP) is 4.97. The fourth-order valence-electron chi connectivity index (χ4n) is 5.38. The van der Waals surface area contributed by atoms with E-state index in [4.69, 9.17) is 10.1 Å². The van der Waals surface area contributed by atoms with Gasteiger partial charge in [0.15, 0.2) is 17.9 Å². The van der Waals surface area contributed by atoms with Crippen LogP contribution in [0.5, 0.6) is 0 Å². The Hall–Kier alpha value is -3.20.